The first-order valence-electron chi connectivity index (χ1n) is 8.22. The summed E-state index contributed by atoms with van der Waals surface area (Å²) in [4.78, 5) is 21.5. The molecule has 2 unspecified atom stereocenters. The van der Waals surface area contributed by atoms with Crippen molar-refractivity contribution in [1.82, 2.24) is 0 Å². The second kappa shape index (κ2) is 7.43. The van der Waals surface area contributed by atoms with Crippen molar-refractivity contribution in [3.05, 3.63) is 62.0 Å². The van der Waals surface area contributed by atoms with Gasteiger partial charge in [-0.1, -0.05) is 18.5 Å². The summed E-state index contributed by atoms with van der Waals surface area (Å²) in [6, 6.07) is 2.36. The number of allylic oxidation sites excluding steroid dienone is 4. The summed E-state index contributed by atoms with van der Waals surface area (Å²) in [6.45, 7) is 1.69. The fourth-order valence-electron chi connectivity index (χ4n) is 2.92. The second-order valence-electron chi connectivity index (χ2n) is 6.46. The maximum Gasteiger partial charge on any atom is 0.430 e. The van der Waals surface area contributed by atoms with Crippen molar-refractivity contribution in [3.8, 4) is 11.5 Å². The minimum atomic E-state index is -4.94. The quantitative estimate of drug-likeness (QED) is 0.552. The van der Waals surface area contributed by atoms with Gasteiger partial charge in [0, 0.05) is 30.0 Å². The molecule has 154 valence electrons. The Balaban J connectivity index is 1.96. The van der Waals surface area contributed by atoms with Crippen LogP contribution in [0.5, 0.6) is 11.5 Å². The van der Waals surface area contributed by atoms with Gasteiger partial charge in [0.05, 0.1) is 15.5 Å². The Hall–Kier alpha value is -3.01. The lowest BCUT2D eigenvalue weighted by molar-refractivity contribution is -0.429. The number of aliphatic carboxylic acids is 1. The molecule has 0 saturated heterocycles. The molecule has 0 radical (unpaired) electrons. The molecule has 0 amide bonds. The lowest BCUT2D eigenvalue weighted by Gasteiger charge is -2.28. The van der Waals surface area contributed by atoms with Crippen LogP contribution in [0, 0.1) is 16.0 Å². The van der Waals surface area contributed by atoms with Crippen molar-refractivity contribution >= 4 is 23.6 Å². The summed E-state index contributed by atoms with van der Waals surface area (Å²) in [5.41, 5.74) is -0.902. The van der Waals surface area contributed by atoms with E-state index in [4.69, 9.17) is 26.2 Å². The lowest BCUT2D eigenvalue weighted by atomic mass is 9.98. The molecule has 29 heavy (non-hydrogen) atoms. The van der Waals surface area contributed by atoms with E-state index in [0.717, 1.165) is 12.1 Å². The number of carboxylic acid groups (broad SMARTS) is 1. The number of carboxylic acids is 1. The van der Waals surface area contributed by atoms with E-state index < -0.39 is 28.7 Å². The average molecular weight is 432 g/mol. The zero-order valence-corrected chi connectivity index (χ0v) is 15.5. The van der Waals surface area contributed by atoms with Gasteiger partial charge < -0.3 is 14.6 Å². The number of nitrogens with zero attached hydrogens (tertiary/aromatic N) is 1. The first-order chi connectivity index (χ1) is 13.5. The molecule has 1 aliphatic carbocycles. The molecule has 0 spiro atoms. The van der Waals surface area contributed by atoms with Crippen molar-refractivity contribution in [3.63, 3.8) is 0 Å². The van der Waals surface area contributed by atoms with Crippen LogP contribution in [0.15, 0.2) is 41.3 Å². The Morgan fingerprint density at radius 1 is 1.38 bits per heavy atom. The Morgan fingerprint density at radius 3 is 2.62 bits per heavy atom. The first kappa shape index (κ1) is 20.7. The summed E-state index contributed by atoms with van der Waals surface area (Å²) in [7, 11) is 0. The largest absolute Gasteiger partial charge is 0.478 e. The number of benzene rings is 1. The van der Waals surface area contributed by atoms with Gasteiger partial charge in [0.2, 0.25) is 11.8 Å². The van der Waals surface area contributed by atoms with Crippen LogP contribution in [0.1, 0.15) is 18.9 Å². The number of rotatable bonds is 4. The molecule has 7 nitrogen and oxygen atoms in total. The topological polar surface area (TPSA) is 98.9 Å². The van der Waals surface area contributed by atoms with E-state index in [1.54, 1.807) is 6.92 Å². The molecule has 1 aliphatic heterocycles. The minimum Gasteiger partial charge on any atom is -0.478 e. The molecule has 3 rings (SSSR count). The Bertz CT molecular complexity index is 983. The molecule has 2 aliphatic rings. The van der Waals surface area contributed by atoms with Gasteiger partial charge in [-0.05, 0) is 18.2 Å². The third-order valence-electron chi connectivity index (χ3n) is 4.35. The minimum absolute atomic E-state index is 0.00378. The molecular formula is C18H13ClF3NO6. The fraction of sp³-hybridized carbons (Fsp3) is 0.278. The number of hydrogen-bond donors (Lipinski definition) is 1. The Kier molecular flexibility index (Phi) is 5.31. The van der Waals surface area contributed by atoms with E-state index in [9.17, 15) is 28.1 Å². The maximum absolute atomic E-state index is 13.2. The summed E-state index contributed by atoms with van der Waals surface area (Å²) in [5, 5.41) is 19.9. The summed E-state index contributed by atoms with van der Waals surface area (Å²) >= 11 is 6.13. The van der Waals surface area contributed by atoms with E-state index >= 15 is 0 Å². The smallest absolute Gasteiger partial charge is 0.430 e. The van der Waals surface area contributed by atoms with Crippen LogP contribution in [-0.2, 0) is 4.79 Å². The predicted octanol–water partition coefficient (Wildman–Crippen LogP) is 4.59. The molecule has 0 bridgehead atoms. The number of hydrogen-bond acceptors (Lipinski definition) is 5. The zero-order valence-electron chi connectivity index (χ0n) is 14.7. The number of alkyl halides is 3. The summed E-state index contributed by atoms with van der Waals surface area (Å²) < 4.78 is 50.1. The number of nitro groups is 1. The highest BCUT2D eigenvalue weighted by Gasteiger charge is 2.48. The summed E-state index contributed by atoms with van der Waals surface area (Å²) in [6.07, 6.45) is -3.95. The van der Waals surface area contributed by atoms with Crippen LogP contribution < -0.4 is 9.47 Å². The van der Waals surface area contributed by atoms with Gasteiger partial charge in [-0.3, -0.25) is 10.1 Å². The average Bonchev–Trinajstić information content (AvgIpc) is 2.61. The van der Waals surface area contributed by atoms with Crippen molar-refractivity contribution in [2.75, 3.05) is 0 Å². The van der Waals surface area contributed by atoms with E-state index in [2.05, 4.69) is 0 Å². The van der Waals surface area contributed by atoms with Crippen LogP contribution in [0.25, 0.3) is 6.08 Å². The van der Waals surface area contributed by atoms with E-state index in [1.807, 2.05) is 0 Å². The highest BCUT2D eigenvalue weighted by molar-refractivity contribution is 6.32. The lowest BCUT2D eigenvalue weighted by Crippen LogP contribution is -2.40. The molecule has 11 heteroatoms. The Morgan fingerprint density at radius 2 is 2.07 bits per heavy atom. The number of halogens is 4. The SMILES string of the molecule is CC1CC([N+](=O)[O-])=CC=C1Oc1cc2c(cc1Cl)C=C(C(=O)O)C(C(F)(F)F)O2. The number of fused-ring (bicyclic) bond motifs is 1. The molecule has 1 aromatic carbocycles. The van der Waals surface area contributed by atoms with Crippen LogP contribution in [0.3, 0.4) is 0 Å². The normalized spacial score (nSPS) is 21.2. The van der Waals surface area contributed by atoms with Crippen molar-refractivity contribution in [2.45, 2.75) is 25.6 Å². The standard InChI is InChI=1S/C18H13ClF3NO6/c1-8-4-10(23(26)27)2-3-13(8)28-15-7-14-9(6-12(15)19)5-11(17(24)25)16(29-14)18(20,21)22/h2-3,5-8,16H,4H2,1H3,(H,24,25). The van der Waals surface area contributed by atoms with Crippen molar-refractivity contribution in [2.24, 2.45) is 5.92 Å². The van der Waals surface area contributed by atoms with Gasteiger partial charge in [0.1, 0.15) is 17.3 Å². The van der Waals surface area contributed by atoms with Gasteiger partial charge in [-0.15, -0.1) is 0 Å². The molecule has 0 aromatic heterocycles. The van der Waals surface area contributed by atoms with Crippen molar-refractivity contribution in [1.29, 1.82) is 0 Å². The van der Waals surface area contributed by atoms with Crippen LogP contribution in [0.2, 0.25) is 5.02 Å². The van der Waals surface area contributed by atoms with E-state index in [0.29, 0.717) is 5.76 Å². The van der Waals surface area contributed by atoms with Gasteiger partial charge >= 0.3 is 12.1 Å². The van der Waals surface area contributed by atoms with Crippen LogP contribution in [-0.4, -0.2) is 28.3 Å². The monoisotopic (exact) mass is 431 g/mol. The van der Waals surface area contributed by atoms with Crippen LogP contribution >= 0.6 is 11.6 Å². The van der Waals surface area contributed by atoms with Gasteiger partial charge in [-0.2, -0.15) is 13.2 Å². The summed E-state index contributed by atoms with van der Waals surface area (Å²) in [5.74, 6) is -2.06. The zero-order chi connectivity index (χ0) is 21.5. The second-order valence-corrected chi connectivity index (χ2v) is 6.86. The highest BCUT2D eigenvalue weighted by atomic mass is 35.5. The fourth-order valence-corrected chi connectivity index (χ4v) is 3.13. The van der Waals surface area contributed by atoms with Crippen molar-refractivity contribution < 1.29 is 37.5 Å². The van der Waals surface area contributed by atoms with E-state index in [-0.39, 0.29) is 40.1 Å². The third-order valence-corrected chi connectivity index (χ3v) is 4.65. The van der Waals surface area contributed by atoms with Gasteiger partial charge in [0.25, 0.3) is 0 Å². The van der Waals surface area contributed by atoms with Gasteiger partial charge in [-0.25, -0.2) is 4.79 Å². The van der Waals surface area contributed by atoms with Gasteiger partial charge in [0.15, 0.2) is 0 Å². The molecule has 2 atom stereocenters. The molecule has 1 heterocycles. The molecule has 0 fully saturated rings. The maximum atomic E-state index is 13.2. The number of carbonyl (C=O) groups is 1. The Labute approximate surface area is 166 Å². The third kappa shape index (κ3) is 4.21. The van der Waals surface area contributed by atoms with E-state index in [1.165, 1.54) is 18.2 Å². The molecule has 1 N–H and O–H groups in total. The van der Waals surface area contributed by atoms with Crippen LogP contribution in [0.4, 0.5) is 13.2 Å². The highest BCUT2D eigenvalue weighted by Crippen LogP contribution is 2.42. The predicted molar refractivity (Wildman–Crippen MR) is 95.1 cm³/mol. The number of ether oxygens (including phenoxy) is 2. The first-order valence-corrected chi connectivity index (χ1v) is 8.60. The molecular weight excluding hydrogens is 419 g/mol. The molecule has 1 aromatic rings. The molecule has 0 saturated carbocycles.